The lowest BCUT2D eigenvalue weighted by atomic mass is 10.1. The van der Waals surface area contributed by atoms with E-state index in [0.29, 0.717) is 13.0 Å². The molecule has 18 heavy (non-hydrogen) atoms. The Balaban J connectivity index is 2.15. The summed E-state index contributed by atoms with van der Waals surface area (Å²) in [6.45, 7) is 4.20. The molecule has 0 saturated carbocycles. The number of hydrogen-bond donors (Lipinski definition) is 2. The van der Waals surface area contributed by atoms with Crippen LogP contribution in [0.15, 0.2) is 24.3 Å². The summed E-state index contributed by atoms with van der Waals surface area (Å²) in [6, 6.07) is 8.03. The summed E-state index contributed by atoms with van der Waals surface area (Å²) in [7, 11) is 0. The zero-order chi connectivity index (χ0) is 13.1. The Labute approximate surface area is 110 Å². The van der Waals surface area contributed by atoms with E-state index in [1.54, 1.807) is 6.92 Å². The lowest BCUT2D eigenvalue weighted by Crippen LogP contribution is -2.26. The third-order valence-electron chi connectivity index (χ3n) is 2.90. The number of aliphatic hydroxyl groups excluding tert-OH is 1. The van der Waals surface area contributed by atoms with Crippen molar-refractivity contribution in [2.45, 2.75) is 26.4 Å². The van der Waals surface area contributed by atoms with Crippen LogP contribution in [0, 0.1) is 6.92 Å². The topological polar surface area (TPSA) is 49.3 Å². The van der Waals surface area contributed by atoms with E-state index < -0.39 is 0 Å². The molecule has 1 heterocycles. The lowest BCUT2D eigenvalue weighted by molar-refractivity contribution is 0.0949. The van der Waals surface area contributed by atoms with E-state index in [2.05, 4.69) is 5.32 Å². The van der Waals surface area contributed by atoms with Crippen LogP contribution in [-0.4, -0.2) is 23.7 Å². The molecule has 2 aromatic rings. The van der Waals surface area contributed by atoms with E-state index in [1.807, 2.05) is 31.2 Å². The molecule has 1 amide bonds. The number of benzene rings is 1. The van der Waals surface area contributed by atoms with Crippen LogP contribution >= 0.6 is 11.3 Å². The molecular formula is C14H17NO2S. The predicted octanol–water partition coefficient (Wildman–Crippen LogP) is 2.71. The molecule has 3 nitrogen and oxygen atoms in total. The zero-order valence-corrected chi connectivity index (χ0v) is 11.4. The summed E-state index contributed by atoms with van der Waals surface area (Å²) >= 11 is 1.52. The third kappa shape index (κ3) is 2.71. The van der Waals surface area contributed by atoms with E-state index in [9.17, 15) is 4.79 Å². The van der Waals surface area contributed by atoms with Crippen molar-refractivity contribution in [2.75, 3.05) is 6.54 Å². The van der Waals surface area contributed by atoms with Gasteiger partial charge in [0.15, 0.2) is 0 Å². The van der Waals surface area contributed by atoms with Crippen molar-refractivity contribution in [3.8, 4) is 0 Å². The molecule has 0 bridgehead atoms. The van der Waals surface area contributed by atoms with Gasteiger partial charge in [-0.3, -0.25) is 4.79 Å². The van der Waals surface area contributed by atoms with Gasteiger partial charge in [-0.1, -0.05) is 18.2 Å². The first-order valence-electron chi connectivity index (χ1n) is 6.04. The van der Waals surface area contributed by atoms with Gasteiger partial charge in [-0.15, -0.1) is 11.3 Å². The van der Waals surface area contributed by atoms with Crippen LogP contribution in [-0.2, 0) is 0 Å². The van der Waals surface area contributed by atoms with E-state index >= 15 is 0 Å². The summed E-state index contributed by atoms with van der Waals surface area (Å²) in [4.78, 5) is 12.8. The van der Waals surface area contributed by atoms with Gasteiger partial charge in [0.1, 0.15) is 0 Å². The summed E-state index contributed by atoms with van der Waals surface area (Å²) < 4.78 is 1.13. The first-order chi connectivity index (χ1) is 8.59. The maximum Gasteiger partial charge on any atom is 0.261 e. The molecule has 0 radical (unpaired) electrons. The average Bonchev–Trinajstić information content (AvgIpc) is 2.67. The number of nitrogens with one attached hydrogen (secondary N) is 1. The van der Waals surface area contributed by atoms with Gasteiger partial charge in [-0.25, -0.2) is 0 Å². The molecule has 0 spiro atoms. The van der Waals surface area contributed by atoms with Gasteiger partial charge in [-0.2, -0.15) is 0 Å². The predicted molar refractivity (Wildman–Crippen MR) is 75.2 cm³/mol. The van der Waals surface area contributed by atoms with Gasteiger partial charge in [0.2, 0.25) is 0 Å². The highest BCUT2D eigenvalue weighted by Gasteiger charge is 2.14. The lowest BCUT2D eigenvalue weighted by Gasteiger charge is -2.06. The number of amides is 1. The maximum absolute atomic E-state index is 12.0. The standard InChI is InChI=1S/C14H17NO2S/c1-9(16)7-8-15-14(17)13-10(2)11-5-3-4-6-12(11)18-13/h3-6,9,16H,7-8H2,1-2H3,(H,15,17). The molecule has 1 aromatic heterocycles. The van der Waals surface area contributed by atoms with Crippen molar-refractivity contribution in [2.24, 2.45) is 0 Å². The highest BCUT2D eigenvalue weighted by Crippen LogP contribution is 2.30. The van der Waals surface area contributed by atoms with Crippen molar-refractivity contribution in [3.05, 3.63) is 34.7 Å². The molecule has 4 heteroatoms. The quantitative estimate of drug-likeness (QED) is 0.891. The van der Waals surface area contributed by atoms with Crippen LogP contribution in [0.1, 0.15) is 28.6 Å². The number of aryl methyl sites for hydroxylation is 1. The van der Waals surface area contributed by atoms with Crippen LogP contribution in [0.25, 0.3) is 10.1 Å². The fourth-order valence-corrected chi connectivity index (χ4v) is 2.99. The fraction of sp³-hybridized carbons (Fsp3) is 0.357. The first kappa shape index (κ1) is 13.1. The molecule has 96 valence electrons. The van der Waals surface area contributed by atoms with E-state index in [1.165, 1.54) is 11.3 Å². The van der Waals surface area contributed by atoms with Crippen LogP contribution in [0.2, 0.25) is 0 Å². The first-order valence-corrected chi connectivity index (χ1v) is 6.85. The van der Waals surface area contributed by atoms with Gasteiger partial charge >= 0.3 is 0 Å². The second-order valence-corrected chi connectivity index (χ2v) is 5.50. The Kier molecular flexibility index (Phi) is 3.99. The van der Waals surface area contributed by atoms with E-state index in [4.69, 9.17) is 5.11 Å². The summed E-state index contributed by atoms with van der Waals surface area (Å²) in [5.41, 5.74) is 1.03. The van der Waals surface area contributed by atoms with Gasteiger partial charge in [0.25, 0.3) is 5.91 Å². The second kappa shape index (κ2) is 5.50. The Morgan fingerprint density at radius 1 is 1.44 bits per heavy atom. The van der Waals surface area contributed by atoms with Crippen molar-refractivity contribution in [1.29, 1.82) is 0 Å². The summed E-state index contributed by atoms with van der Waals surface area (Å²) in [6.07, 6.45) is 0.198. The number of thiophene rings is 1. The maximum atomic E-state index is 12.0. The number of carbonyl (C=O) groups is 1. The summed E-state index contributed by atoms with van der Waals surface area (Å²) in [5, 5.41) is 13.1. The molecule has 0 aliphatic heterocycles. The number of carbonyl (C=O) groups excluding carboxylic acids is 1. The molecule has 1 aromatic carbocycles. The molecule has 2 rings (SSSR count). The Morgan fingerprint density at radius 2 is 2.17 bits per heavy atom. The summed E-state index contributed by atoms with van der Waals surface area (Å²) in [5.74, 6) is -0.0469. The third-order valence-corrected chi connectivity index (χ3v) is 4.17. The highest BCUT2D eigenvalue weighted by atomic mass is 32.1. The van der Waals surface area contributed by atoms with Crippen LogP contribution in [0.3, 0.4) is 0 Å². The van der Waals surface area contributed by atoms with Gasteiger partial charge in [0.05, 0.1) is 11.0 Å². The minimum atomic E-state index is -0.381. The van der Waals surface area contributed by atoms with Crippen molar-refractivity contribution >= 4 is 27.3 Å². The smallest absolute Gasteiger partial charge is 0.261 e. The highest BCUT2D eigenvalue weighted by molar-refractivity contribution is 7.21. The average molecular weight is 263 g/mol. The van der Waals surface area contributed by atoms with Crippen LogP contribution in [0.5, 0.6) is 0 Å². The minimum absolute atomic E-state index is 0.0469. The molecular weight excluding hydrogens is 246 g/mol. The molecule has 0 aliphatic rings. The van der Waals surface area contributed by atoms with Crippen molar-refractivity contribution in [1.82, 2.24) is 5.32 Å². The molecule has 0 saturated heterocycles. The van der Waals surface area contributed by atoms with Crippen molar-refractivity contribution in [3.63, 3.8) is 0 Å². The normalized spacial score (nSPS) is 12.6. The minimum Gasteiger partial charge on any atom is -0.393 e. The molecule has 1 unspecified atom stereocenters. The van der Waals surface area contributed by atoms with Crippen LogP contribution < -0.4 is 5.32 Å². The molecule has 2 N–H and O–H groups in total. The number of aliphatic hydroxyl groups is 1. The fourth-order valence-electron chi connectivity index (χ4n) is 1.87. The van der Waals surface area contributed by atoms with E-state index in [0.717, 1.165) is 20.5 Å². The van der Waals surface area contributed by atoms with Gasteiger partial charge in [0, 0.05) is 11.2 Å². The number of fused-ring (bicyclic) bond motifs is 1. The largest absolute Gasteiger partial charge is 0.393 e. The molecule has 1 atom stereocenters. The van der Waals surface area contributed by atoms with Gasteiger partial charge in [-0.05, 0) is 37.3 Å². The van der Waals surface area contributed by atoms with Crippen molar-refractivity contribution < 1.29 is 9.90 Å². The Bertz CT molecular complexity index is 560. The molecule has 0 aliphatic carbocycles. The van der Waals surface area contributed by atoms with Crippen LogP contribution in [0.4, 0.5) is 0 Å². The zero-order valence-electron chi connectivity index (χ0n) is 10.6. The Hall–Kier alpha value is -1.39. The number of hydrogen-bond acceptors (Lipinski definition) is 3. The number of rotatable bonds is 4. The second-order valence-electron chi connectivity index (χ2n) is 4.45. The molecule has 0 fully saturated rings. The Morgan fingerprint density at radius 3 is 2.83 bits per heavy atom. The van der Waals surface area contributed by atoms with Gasteiger partial charge < -0.3 is 10.4 Å². The SMILES string of the molecule is Cc1c(C(=O)NCCC(C)O)sc2ccccc12. The van der Waals surface area contributed by atoms with E-state index in [-0.39, 0.29) is 12.0 Å². The monoisotopic (exact) mass is 263 g/mol.